The van der Waals surface area contributed by atoms with E-state index in [-0.39, 0.29) is 41.4 Å². The molecule has 272 valence electrons. The number of aromatic amines is 1. The summed E-state index contributed by atoms with van der Waals surface area (Å²) in [6, 6.07) is 17.6. The lowest BCUT2D eigenvalue weighted by Crippen LogP contribution is -2.44. The number of sulfonamides is 1. The fourth-order valence-electron chi connectivity index (χ4n) is 7.31. The molecule has 2 heterocycles. The van der Waals surface area contributed by atoms with Crippen LogP contribution in [-0.4, -0.2) is 54.5 Å². The van der Waals surface area contributed by atoms with Crippen molar-refractivity contribution >= 4 is 27.9 Å². The molecular formula is C39H43N5O7S. The maximum absolute atomic E-state index is 13.5. The van der Waals surface area contributed by atoms with Gasteiger partial charge in [-0.3, -0.25) is 15.0 Å². The van der Waals surface area contributed by atoms with Gasteiger partial charge in [-0.2, -0.15) is 0 Å². The van der Waals surface area contributed by atoms with E-state index in [1.54, 1.807) is 19.9 Å². The highest BCUT2D eigenvalue weighted by molar-refractivity contribution is 7.90. The molecule has 1 aliphatic heterocycles. The Morgan fingerprint density at radius 1 is 0.981 bits per heavy atom. The van der Waals surface area contributed by atoms with Gasteiger partial charge >= 0.3 is 5.97 Å². The average Bonchev–Trinajstić information content (AvgIpc) is 3.42. The van der Waals surface area contributed by atoms with Crippen LogP contribution >= 0.6 is 0 Å². The number of amides is 1. The first-order chi connectivity index (χ1) is 24.6. The Balaban J connectivity index is 1.06. The van der Waals surface area contributed by atoms with Crippen LogP contribution < -0.4 is 25.7 Å². The van der Waals surface area contributed by atoms with Crippen molar-refractivity contribution in [3.63, 3.8) is 0 Å². The zero-order chi connectivity index (χ0) is 37.5. The number of pyridine rings is 1. The van der Waals surface area contributed by atoms with Crippen molar-refractivity contribution in [1.82, 2.24) is 20.3 Å². The van der Waals surface area contributed by atoms with Gasteiger partial charge in [0.1, 0.15) is 23.0 Å². The Hall–Kier alpha value is -5.43. The summed E-state index contributed by atoms with van der Waals surface area (Å²) in [5, 5.41) is 23.2. The molecule has 0 saturated carbocycles. The van der Waals surface area contributed by atoms with E-state index in [1.165, 1.54) is 6.07 Å². The van der Waals surface area contributed by atoms with E-state index >= 15 is 0 Å². The zero-order valence-corrected chi connectivity index (χ0v) is 30.6. The maximum Gasteiger partial charge on any atom is 0.326 e. The number of hydrogen-bond donors (Lipinski definition) is 6. The number of carboxylic acid groups (broad SMARTS) is 1. The molecule has 1 atom stereocenters. The third kappa shape index (κ3) is 6.92. The molecule has 0 fully saturated rings. The van der Waals surface area contributed by atoms with Gasteiger partial charge in [0, 0.05) is 12.2 Å². The van der Waals surface area contributed by atoms with E-state index in [0.29, 0.717) is 29.0 Å². The molecule has 6 N–H and O–H groups in total. The minimum absolute atomic E-state index is 0.0433. The summed E-state index contributed by atoms with van der Waals surface area (Å²) in [4.78, 5) is 41.3. The quantitative estimate of drug-likeness (QED) is 0.0656. The fraction of sp³-hybridized carbons (Fsp3) is 0.333. The topological polar surface area (TPSA) is 191 Å². The van der Waals surface area contributed by atoms with Crippen molar-refractivity contribution in [3.8, 4) is 16.9 Å². The standard InChI is InChI=1S/C39H43N5O7S/c1-21-22(2)34(23(3)24-18-19-39(4,5)51-33(21)24)52(49,50)44-38(40)41-20-10-15-31(37(47)48)43-36(46)29-16-17-30(42-35(29)45)32-27-13-8-6-11-25(27)26-12-7-9-14-28(26)32/h6-9,11-14,16-17,31-32H,10,15,18-20H2,1-5H3,(H,42,45)(H,43,46)(H,47,48)(H3,40,41,44)/t31-/m0/s1. The van der Waals surface area contributed by atoms with Crippen LogP contribution in [0.5, 0.6) is 5.75 Å². The van der Waals surface area contributed by atoms with Gasteiger partial charge in [-0.25, -0.2) is 17.9 Å². The van der Waals surface area contributed by atoms with E-state index in [1.807, 2.05) is 69.3 Å². The number of ether oxygens (including phenoxy) is 1. The number of aromatic nitrogens is 1. The number of fused-ring (bicyclic) bond motifs is 4. The Morgan fingerprint density at radius 2 is 1.62 bits per heavy atom. The lowest BCUT2D eigenvalue weighted by molar-refractivity contribution is -0.139. The minimum Gasteiger partial charge on any atom is -0.487 e. The van der Waals surface area contributed by atoms with Crippen LogP contribution in [0.25, 0.3) is 11.1 Å². The fourth-order valence-corrected chi connectivity index (χ4v) is 8.84. The number of rotatable bonds is 10. The third-order valence-corrected chi connectivity index (χ3v) is 11.7. The van der Waals surface area contributed by atoms with E-state index < -0.39 is 39.5 Å². The number of benzene rings is 3. The number of hydrogen-bond acceptors (Lipinski definition) is 7. The van der Waals surface area contributed by atoms with Crippen molar-refractivity contribution < 1.29 is 27.9 Å². The lowest BCUT2D eigenvalue weighted by Gasteiger charge is -2.35. The molecule has 4 aromatic rings. The van der Waals surface area contributed by atoms with Crippen LogP contribution in [0.15, 0.2) is 70.4 Å². The van der Waals surface area contributed by atoms with Gasteiger partial charge in [-0.15, -0.1) is 0 Å². The first kappa shape index (κ1) is 36.4. The normalized spacial score (nSPS) is 15.0. The van der Waals surface area contributed by atoms with E-state index in [0.717, 1.165) is 39.8 Å². The number of carbonyl (C=O) groups is 2. The molecule has 0 radical (unpaired) electrons. The minimum atomic E-state index is -4.14. The highest BCUT2D eigenvalue weighted by Crippen LogP contribution is 2.47. The monoisotopic (exact) mass is 725 g/mol. The van der Waals surface area contributed by atoms with Gasteiger partial charge in [0.05, 0.1) is 10.8 Å². The van der Waals surface area contributed by atoms with Crippen LogP contribution in [0.2, 0.25) is 0 Å². The second-order valence-corrected chi connectivity index (χ2v) is 15.7. The third-order valence-electron chi connectivity index (χ3n) is 10.1. The van der Waals surface area contributed by atoms with Crippen molar-refractivity contribution in [1.29, 1.82) is 5.41 Å². The Labute approximate surface area is 302 Å². The molecule has 6 rings (SSSR count). The van der Waals surface area contributed by atoms with Crippen molar-refractivity contribution in [3.05, 3.63) is 116 Å². The van der Waals surface area contributed by atoms with Gasteiger partial charge in [0.15, 0.2) is 0 Å². The SMILES string of the molecule is Cc1c(C)c(S(=O)(=O)NC(=N)NCCC[C@H](NC(=O)c2ccc(C3c4ccccc4-c4ccccc43)[nH]c2=O)C(=O)O)c(C)c2c1OC(C)(C)CC2. The number of carbonyl (C=O) groups excluding carboxylic acids is 1. The predicted molar refractivity (Wildman–Crippen MR) is 198 cm³/mol. The molecule has 1 aliphatic carbocycles. The highest BCUT2D eigenvalue weighted by atomic mass is 32.2. The first-order valence-electron chi connectivity index (χ1n) is 17.2. The molecule has 12 nitrogen and oxygen atoms in total. The number of aliphatic carboxylic acids is 1. The molecule has 0 unspecified atom stereocenters. The molecule has 52 heavy (non-hydrogen) atoms. The van der Waals surface area contributed by atoms with Gasteiger partial charge in [-0.1, -0.05) is 48.5 Å². The summed E-state index contributed by atoms with van der Waals surface area (Å²) in [6.45, 7) is 9.34. The molecule has 0 saturated heterocycles. The first-order valence-corrected chi connectivity index (χ1v) is 18.7. The van der Waals surface area contributed by atoms with Crippen molar-refractivity contribution in [2.75, 3.05) is 6.54 Å². The van der Waals surface area contributed by atoms with Crippen LogP contribution in [0.1, 0.15) is 88.5 Å². The summed E-state index contributed by atoms with van der Waals surface area (Å²) in [5.41, 5.74) is 6.32. The molecule has 3 aromatic carbocycles. The number of guanidine groups is 1. The second-order valence-electron chi connectivity index (χ2n) is 14.1. The maximum atomic E-state index is 13.5. The van der Waals surface area contributed by atoms with Gasteiger partial charge in [0.25, 0.3) is 21.5 Å². The number of H-pyrrole nitrogens is 1. The average molecular weight is 726 g/mol. The smallest absolute Gasteiger partial charge is 0.326 e. The number of carboxylic acids is 1. The van der Waals surface area contributed by atoms with Crippen molar-refractivity contribution in [2.45, 2.75) is 82.8 Å². The Bertz CT molecular complexity index is 2230. The van der Waals surface area contributed by atoms with E-state index in [2.05, 4.69) is 20.3 Å². The van der Waals surface area contributed by atoms with Crippen molar-refractivity contribution in [2.24, 2.45) is 0 Å². The molecule has 0 bridgehead atoms. The molecule has 1 aromatic heterocycles. The van der Waals surface area contributed by atoms with Gasteiger partial charge in [-0.05, 0) is 117 Å². The molecule has 2 aliphatic rings. The van der Waals surface area contributed by atoms with Crippen LogP contribution in [0.4, 0.5) is 0 Å². The predicted octanol–water partition coefficient (Wildman–Crippen LogP) is 5.03. The Morgan fingerprint density at radius 3 is 2.23 bits per heavy atom. The molecule has 0 spiro atoms. The lowest BCUT2D eigenvalue weighted by atomic mass is 9.88. The summed E-state index contributed by atoms with van der Waals surface area (Å²) < 4.78 is 35.5. The number of nitrogens with one attached hydrogen (secondary N) is 5. The molecule has 13 heteroatoms. The largest absolute Gasteiger partial charge is 0.487 e. The summed E-state index contributed by atoms with van der Waals surface area (Å²) in [5.74, 6) is -2.11. The highest BCUT2D eigenvalue weighted by Gasteiger charge is 2.34. The Kier molecular flexibility index (Phi) is 9.75. The second kappa shape index (κ2) is 13.9. The van der Waals surface area contributed by atoms with E-state index in [4.69, 9.17) is 10.1 Å². The van der Waals surface area contributed by atoms with Gasteiger partial charge in [0.2, 0.25) is 5.96 Å². The zero-order valence-electron chi connectivity index (χ0n) is 29.8. The van der Waals surface area contributed by atoms with Crippen LogP contribution in [0, 0.1) is 26.2 Å². The molecular weight excluding hydrogens is 683 g/mol. The van der Waals surface area contributed by atoms with Crippen LogP contribution in [-0.2, 0) is 21.2 Å². The summed E-state index contributed by atoms with van der Waals surface area (Å²) >= 11 is 0. The van der Waals surface area contributed by atoms with E-state index in [9.17, 15) is 27.9 Å². The van der Waals surface area contributed by atoms with Crippen LogP contribution in [0.3, 0.4) is 0 Å². The summed E-state index contributed by atoms with van der Waals surface area (Å²) in [6.07, 6.45) is 1.52. The summed E-state index contributed by atoms with van der Waals surface area (Å²) in [7, 11) is -4.14. The van der Waals surface area contributed by atoms with Gasteiger partial charge < -0.3 is 25.5 Å². The molecule has 1 amide bonds.